The van der Waals surface area contributed by atoms with Crippen LogP contribution in [0.2, 0.25) is 0 Å². The molecule has 1 fully saturated rings. The van der Waals surface area contributed by atoms with E-state index in [1.54, 1.807) is 0 Å². The zero-order valence-electron chi connectivity index (χ0n) is 12.2. The van der Waals surface area contributed by atoms with Crippen LogP contribution in [0.5, 0.6) is 0 Å². The Hall–Kier alpha value is -0.160. The zero-order valence-corrected chi connectivity index (χ0v) is 16.2. The summed E-state index contributed by atoms with van der Waals surface area (Å²) >= 11 is 9.34. The van der Waals surface area contributed by atoms with E-state index < -0.39 is 0 Å². The van der Waals surface area contributed by atoms with E-state index in [1.165, 1.54) is 33.7 Å². The Morgan fingerprint density at radius 3 is 2.48 bits per heavy atom. The van der Waals surface area contributed by atoms with Crippen LogP contribution in [0.1, 0.15) is 36.2 Å². The third-order valence-electron chi connectivity index (χ3n) is 3.88. The summed E-state index contributed by atoms with van der Waals surface area (Å²) in [5, 5.41) is 3.65. The molecule has 1 nitrogen and oxygen atoms in total. The van der Waals surface area contributed by atoms with E-state index >= 15 is 0 Å². The quantitative estimate of drug-likeness (QED) is 0.588. The Balaban J connectivity index is 1.94. The Morgan fingerprint density at radius 1 is 1.24 bits per heavy atom. The van der Waals surface area contributed by atoms with Gasteiger partial charge in [0.15, 0.2) is 0 Å². The smallest absolute Gasteiger partial charge is 0.0443 e. The minimum atomic E-state index is 0.539. The van der Waals surface area contributed by atoms with Gasteiger partial charge in [0.05, 0.1) is 0 Å². The number of aryl methyl sites for hydroxylation is 1. The van der Waals surface area contributed by atoms with Gasteiger partial charge in [-0.05, 0) is 62.1 Å². The van der Waals surface area contributed by atoms with E-state index in [-0.39, 0.29) is 0 Å². The summed E-state index contributed by atoms with van der Waals surface area (Å²) in [4.78, 5) is 2.79. The molecule has 1 heterocycles. The van der Waals surface area contributed by atoms with Crippen LogP contribution < -0.4 is 5.32 Å². The zero-order chi connectivity index (χ0) is 15.0. The van der Waals surface area contributed by atoms with Crippen molar-refractivity contribution in [2.75, 3.05) is 6.54 Å². The molecule has 0 radical (unpaired) electrons. The highest BCUT2D eigenvalue weighted by Crippen LogP contribution is 2.46. The van der Waals surface area contributed by atoms with Crippen molar-refractivity contribution >= 4 is 43.2 Å². The standard InChI is InChI=1S/C17H19Br2NS/c1-3-20-17(11-4-5-11)15-7-6-14(21-15)16-12(18)8-10(2)9-13(16)19/h6-9,11,17,20H,3-5H2,1-2H3. The van der Waals surface area contributed by atoms with Gasteiger partial charge in [0.2, 0.25) is 0 Å². The van der Waals surface area contributed by atoms with Gasteiger partial charge in [0, 0.05) is 30.3 Å². The molecule has 0 amide bonds. The Kier molecular flexibility index (Phi) is 4.89. The van der Waals surface area contributed by atoms with Crippen molar-refractivity contribution in [3.8, 4) is 10.4 Å². The fourth-order valence-corrected chi connectivity index (χ4v) is 6.09. The lowest BCUT2D eigenvalue weighted by Gasteiger charge is -2.15. The molecule has 4 heteroatoms. The molecule has 3 rings (SSSR count). The number of nitrogens with one attached hydrogen (secondary N) is 1. The molecular weight excluding hydrogens is 410 g/mol. The maximum atomic E-state index is 3.71. The maximum absolute atomic E-state index is 3.71. The summed E-state index contributed by atoms with van der Waals surface area (Å²) in [7, 11) is 0. The van der Waals surface area contributed by atoms with Crippen molar-refractivity contribution in [1.29, 1.82) is 0 Å². The molecule has 0 saturated heterocycles. The lowest BCUT2D eigenvalue weighted by atomic mass is 10.1. The van der Waals surface area contributed by atoms with E-state index in [2.05, 4.69) is 75.3 Å². The second kappa shape index (κ2) is 6.53. The third kappa shape index (κ3) is 3.44. The van der Waals surface area contributed by atoms with Crippen molar-refractivity contribution in [1.82, 2.24) is 5.32 Å². The highest BCUT2D eigenvalue weighted by molar-refractivity contribution is 9.11. The first-order chi connectivity index (χ1) is 10.1. The number of halogens is 2. The Bertz CT molecular complexity index is 623. The monoisotopic (exact) mass is 427 g/mol. The lowest BCUT2D eigenvalue weighted by molar-refractivity contribution is 0.504. The summed E-state index contributed by atoms with van der Waals surface area (Å²) in [5.74, 6) is 0.835. The molecule has 1 atom stereocenters. The third-order valence-corrected chi connectivity index (χ3v) is 6.32. The molecule has 1 N–H and O–H groups in total. The van der Waals surface area contributed by atoms with Crippen molar-refractivity contribution in [3.05, 3.63) is 43.7 Å². The molecular formula is C17H19Br2NS. The summed E-state index contributed by atoms with van der Waals surface area (Å²) in [5.41, 5.74) is 2.53. The molecule has 1 aromatic heterocycles. The molecule has 0 aliphatic heterocycles. The van der Waals surface area contributed by atoms with Gasteiger partial charge < -0.3 is 5.32 Å². The molecule has 112 valence electrons. The largest absolute Gasteiger partial charge is 0.309 e. The van der Waals surface area contributed by atoms with E-state index in [9.17, 15) is 0 Å². The van der Waals surface area contributed by atoms with Gasteiger partial charge in [-0.1, -0.05) is 38.8 Å². The average Bonchev–Trinajstić information content (AvgIpc) is 3.14. The van der Waals surface area contributed by atoms with Crippen molar-refractivity contribution in [2.24, 2.45) is 5.92 Å². The van der Waals surface area contributed by atoms with E-state index in [1.807, 2.05) is 11.3 Å². The van der Waals surface area contributed by atoms with Gasteiger partial charge in [-0.3, -0.25) is 0 Å². The maximum Gasteiger partial charge on any atom is 0.0443 e. The summed E-state index contributed by atoms with van der Waals surface area (Å²) in [6, 6.07) is 9.46. The van der Waals surface area contributed by atoms with Gasteiger partial charge in [-0.2, -0.15) is 0 Å². The van der Waals surface area contributed by atoms with Gasteiger partial charge >= 0.3 is 0 Å². The predicted molar refractivity (Wildman–Crippen MR) is 99.0 cm³/mol. The molecule has 1 saturated carbocycles. The minimum Gasteiger partial charge on any atom is -0.309 e. The van der Waals surface area contributed by atoms with Gasteiger partial charge in [-0.25, -0.2) is 0 Å². The first-order valence-corrected chi connectivity index (χ1v) is 9.79. The van der Waals surface area contributed by atoms with Gasteiger partial charge in [-0.15, -0.1) is 11.3 Å². The molecule has 21 heavy (non-hydrogen) atoms. The van der Waals surface area contributed by atoms with Crippen molar-refractivity contribution in [2.45, 2.75) is 32.7 Å². The second-order valence-electron chi connectivity index (χ2n) is 5.68. The van der Waals surface area contributed by atoms with E-state index in [4.69, 9.17) is 0 Å². The second-order valence-corrected chi connectivity index (χ2v) is 8.50. The first kappa shape index (κ1) is 15.7. The number of hydrogen-bond donors (Lipinski definition) is 1. The fraction of sp³-hybridized carbons (Fsp3) is 0.412. The number of thiophene rings is 1. The van der Waals surface area contributed by atoms with Gasteiger partial charge in [0.25, 0.3) is 0 Å². The summed E-state index contributed by atoms with van der Waals surface area (Å²) in [6.07, 6.45) is 2.73. The number of hydrogen-bond acceptors (Lipinski definition) is 2. The van der Waals surface area contributed by atoms with E-state index in [0.717, 1.165) is 21.4 Å². The van der Waals surface area contributed by atoms with Crippen molar-refractivity contribution in [3.63, 3.8) is 0 Å². The van der Waals surface area contributed by atoms with Crippen LogP contribution in [0.4, 0.5) is 0 Å². The topological polar surface area (TPSA) is 12.0 Å². The SMILES string of the molecule is CCNC(c1ccc(-c2c(Br)cc(C)cc2Br)s1)C1CC1. The normalized spacial score (nSPS) is 16.2. The van der Waals surface area contributed by atoms with Crippen LogP contribution in [0.15, 0.2) is 33.2 Å². The Labute approximate surface area is 147 Å². The van der Waals surface area contributed by atoms with Crippen LogP contribution >= 0.6 is 43.2 Å². The van der Waals surface area contributed by atoms with Crippen LogP contribution in [0.25, 0.3) is 10.4 Å². The molecule has 1 aliphatic carbocycles. The lowest BCUT2D eigenvalue weighted by Crippen LogP contribution is -2.21. The van der Waals surface area contributed by atoms with Crippen LogP contribution in [-0.4, -0.2) is 6.54 Å². The molecule has 1 aliphatic rings. The highest BCUT2D eigenvalue weighted by Gasteiger charge is 2.32. The molecule has 0 bridgehead atoms. The number of rotatable bonds is 5. The molecule has 2 aromatic rings. The van der Waals surface area contributed by atoms with Crippen LogP contribution in [0, 0.1) is 12.8 Å². The molecule has 0 spiro atoms. The number of benzene rings is 1. The van der Waals surface area contributed by atoms with Crippen molar-refractivity contribution < 1.29 is 0 Å². The average molecular weight is 429 g/mol. The minimum absolute atomic E-state index is 0.539. The van der Waals surface area contributed by atoms with Crippen LogP contribution in [0.3, 0.4) is 0 Å². The first-order valence-electron chi connectivity index (χ1n) is 7.39. The molecule has 1 unspecified atom stereocenters. The predicted octanol–water partition coefficient (Wildman–Crippen LogP) is 6.31. The molecule has 1 aromatic carbocycles. The fourth-order valence-electron chi connectivity index (χ4n) is 2.74. The Morgan fingerprint density at radius 2 is 1.90 bits per heavy atom. The summed E-state index contributed by atoms with van der Waals surface area (Å²) in [6.45, 7) is 5.34. The van der Waals surface area contributed by atoms with Crippen LogP contribution in [-0.2, 0) is 0 Å². The van der Waals surface area contributed by atoms with Gasteiger partial charge in [0.1, 0.15) is 0 Å². The summed E-state index contributed by atoms with van der Waals surface area (Å²) < 4.78 is 2.32. The van der Waals surface area contributed by atoms with E-state index in [0.29, 0.717) is 6.04 Å². The highest BCUT2D eigenvalue weighted by atomic mass is 79.9.